The first-order valence-electron chi connectivity index (χ1n) is 5.44. The van der Waals surface area contributed by atoms with E-state index in [0.29, 0.717) is 5.56 Å². The smallest absolute Gasteiger partial charge is 0.262 e. The Balaban J connectivity index is 2.48. The van der Waals surface area contributed by atoms with Gasteiger partial charge < -0.3 is 5.73 Å². The lowest BCUT2D eigenvalue weighted by molar-refractivity contribution is 0.589. The van der Waals surface area contributed by atoms with Gasteiger partial charge in [-0.25, -0.2) is 12.8 Å². The quantitative estimate of drug-likeness (QED) is 0.783. The van der Waals surface area contributed by atoms with Gasteiger partial charge in [0, 0.05) is 18.3 Å². The van der Waals surface area contributed by atoms with Crippen molar-refractivity contribution in [1.82, 2.24) is 10.2 Å². The minimum absolute atomic E-state index is 0.0493. The Labute approximate surface area is 109 Å². The highest BCUT2D eigenvalue weighted by atomic mass is 32.2. The first kappa shape index (κ1) is 13.5. The molecule has 19 heavy (non-hydrogen) atoms. The zero-order valence-electron chi connectivity index (χ0n) is 10.1. The SMILES string of the molecule is Cc1c(F)cc(CN)cc1S(=O)(=O)Nc1cn[nH]c1. The Bertz CT molecular complexity index is 683. The van der Waals surface area contributed by atoms with Crippen LogP contribution in [0.5, 0.6) is 0 Å². The Morgan fingerprint density at radius 2 is 2.21 bits per heavy atom. The molecule has 0 amide bonds. The molecule has 0 unspecified atom stereocenters. The number of nitrogens with zero attached hydrogens (tertiary/aromatic N) is 1. The average molecular weight is 284 g/mol. The second kappa shape index (κ2) is 4.98. The largest absolute Gasteiger partial charge is 0.326 e. The Hall–Kier alpha value is -1.93. The van der Waals surface area contributed by atoms with E-state index in [1.807, 2.05) is 0 Å². The molecule has 8 heteroatoms. The highest BCUT2D eigenvalue weighted by molar-refractivity contribution is 7.92. The molecule has 0 radical (unpaired) electrons. The summed E-state index contributed by atoms with van der Waals surface area (Å²) in [6.07, 6.45) is 2.70. The molecular weight excluding hydrogens is 271 g/mol. The average Bonchev–Trinajstić information content (AvgIpc) is 2.84. The molecule has 4 N–H and O–H groups in total. The van der Waals surface area contributed by atoms with Crippen molar-refractivity contribution in [2.45, 2.75) is 18.4 Å². The van der Waals surface area contributed by atoms with Crippen LogP contribution < -0.4 is 10.5 Å². The number of anilines is 1. The van der Waals surface area contributed by atoms with Crippen molar-refractivity contribution in [3.8, 4) is 0 Å². The molecule has 102 valence electrons. The van der Waals surface area contributed by atoms with Gasteiger partial charge in [-0.2, -0.15) is 5.10 Å². The minimum Gasteiger partial charge on any atom is -0.326 e. The molecule has 0 fully saturated rings. The lowest BCUT2D eigenvalue weighted by atomic mass is 10.1. The van der Waals surface area contributed by atoms with Gasteiger partial charge in [0.15, 0.2) is 0 Å². The van der Waals surface area contributed by atoms with Crippen LogP contribution in [-0.4, -0.2) is 18.6 Å². The van der Waals surface area contributed by atoms with Gasteiger partial charge in [0.25, 0.3) is 10.0 Å². The number of halogens is 1. The van der Waals surface area contributed by atoms with E-state index in [1.165, 1.54) is 31.5 Å². The number of nitrogens with two attached hydrogens (primary N) is 1. The summed E-state index contributed by atoms with van der Waals surface area (Å²) in [6.45, 7) is 1.46. The van der Waals surface area contributed by atoms with E-state index in [0.717, 1.165) is 0 Å². The Morgan fingerprint density at radius 3 is 2.79 bits per heavy atom. The van der Waals surface area contributed by atoms with Gasteiger partial charge in [-0.3, -0.25) is 9.82 Å². The number of sulfonamides is 1. The lowest BCUT2D eigenvalue weighted by Gasteiger charge is -2.11. The predicted molar refractivity (Wildman–Crippen MR) is 68.4 cm³/mol. The minimum atomic E-state index is -3.87. The molecule has 0 spiro atoms. The Kier molecular flexibility index (Phi) is 3.54. The molecule has 0 saturated heterocycles. The standard InChI is InChI=1S/C11H13FN4O2S/c1-7-10(12)2-8(4-13)3-11(7)19(17,18)16-9-5-14-15-6-9/h2-3,5-6,16H,4,13H2,1H3,(H,14,15). The maximum atomic E-state index is 13.7. The van der Waals surface area contributed by atoms with Crippen molar-refractivity contribution < 1.29 is 12.8 Å². The number of H-pyrrole nitrogens is 1. The van der Waals surface area contributed by atoms with E-state index in [-0.39, 0.29) is 22.7 Å². The van der Waals surface area contributed by atoms with Crippen LogP contribution in [0, 0.1) is 12.7 Å². The third-order valence-corrected chi connectivity index (χ3v) is 4.14. The lowest BCUT2D eigenvalue weighted by Crippen LogP contribution is -2.15. The highest BCUT2D eigenvalue weighted by Gasteiger charge is 2.20. The van der Waals surface area contributed by atoms with Crippen LogP contribution in [0.2, 0.25) is 0 Å². The number of hydrogen-bond acceptors (Lipinski definition) is 4. The van der Waals surface area contributed by atoms with Gasteiger partial charge in [-0.05, 0) is 24.6 Å². The summed E-state index contributed by atoms with van der Waals surface area (Å²) in [5.74, 6) is -0.601. The fraction of sp³-hybridized carbons (Fsp3) is 0.182. The first-order valence-corrected chi connectivity index (χ1v) is 6.93. The number of nitrogens with one attached hydrogen (secondary N) is 2. The number of hydrogen-bond donors (Lipinski definition) is 3. The van der Waals surface area contributed by atoms with Gasteiger partial charge in [-0.15, -0.1) is 0 Å². The van der Waals surface area contributed by atoms with Crippen LogP contribution in [-0.2, 0) is 16.6 Å². The van der Waals surface area contributed by atoms with Crippen LogP contribution in [0.1, 0.15) is 11.1 Å². The van der Waals surface area contributed by atoms with Crippen LogP contribution in [0.4, 0.5) is 10.1 Å². The van der Waals surface area contributed by atoms with Crippen LogP contribution in [0.15, 0.2) is 29.4 Å². The topological polar surface area (TPSA) is 101 Å². The van der Waals surface area contributed by atoms with Crippen molar-refractivity contribution in [3.05, 3.63) is 41.5 Å². The van der Waals surface area contributed by atoms with Crippen LogP contribution in [0.3, 0.4) is 0 Å². The number of aromatic amines is 1. The molecule has 2 rings (SSSR count). The normalized spacial score (nSPS) is 11.5. The molecule has 1 heterocycles. The molecule has 1 aromatic heterocycles. The van der Waals surface area contributed by atoms with Crippen molar-refractivity contribution in [3.63, 3.8) is 0 Å². The molecule has 0 bridgehead atoms. The highest BCUT2D eigenvalue weighted by Crippen LogP contribution is 2.22. The maximum Gasteiger partial charge on any atom is 0.262 e. The summed E-state index contributed by atoms with van der Waals surface area (Å²) in [6, 6.07) is 2.59. The monoisotopic (exact) mass is 284 g/mol. The van der Waals surface area contributed by atoms with E-state index in [4.69, 9.17) is 5.73 Å². The summed E-state index contributed by atoms with van der Waals surface area (Å²) in [4.78, 5) is -0.130. The molecule has 2 aromatic rings. The Morgan fingerprint density at radius 1 is 1.47 bits per heavy atom. The van der Waals surface area contributed by atoms with Gasteiger partial charge in [0.1, 0.15) is 5.82 Å². The van der Waals surface area contributed by atoms with Crippen LogP contribution in [0.25, 0.3) is 0 Å². The van der Waals surface area contributed by atoms with Crippen molar-refractivity contribution in [1.29, 1.82) is 0 Å². The third-order valence-electron chi connectivity index (χ3n) is 2.63. The zero-order chi connectivity index (χ0) is 14.0. The fourth-order valence-electron chi connectivity index (χ4n) is 1.62. The predicted octanol–water partition coefficient (Wildman–Crippen LogP) is 1.12. The van der Waals surface area contributed by atoms with Crippen molar-refractivity contribution >= 4 is 15.7 Å². The molecule has 0 saturated carbocycles. The number of aromatic nitrogens is 2. The van der Waals surface area contributed by atoms with Crippen molar-refractivity contribution in [2.24, 2.45) is 5.73 Å². The fourth-order valence-corrected chi connectivity index (χ4v) is 2.96. The summed E-state index contributed by atoms with van der Waals surface area (Å²) < 4.78 is 40.3. The zero-order valence-corrected chi connectivity index (χ0v) is 11.0. The van der Waals surface area contributed by atoms with E-state index in [9.17, 15) is 12.8 Å². The molecule has 0 aliphatic rings. The van der Waals surface area contributed by atoms with Crippen LogP contribution >= 0.6 is 0 Å². The third kappa shape index (κ3) is 2.74. The van der Waals surface area contributed by atoms with E-state index in [2.05, 4.69) is 14.9 Å². The van der Waals surface area contributed by atoms with E-state index < -0.39 is 15.8 Å². The molecule has 0 aliphatic carbocycles. The summed E-state index contributed by atoms with van der Waals surface area (Å²) in [5, 5.41) is 6.11. The second-order valence-electron chi connectivity index (χ2n) is 4.00. The molecule has 6 nitrogen and oxygen atoms in total. The number of benzene rings is 1. The maximum absolute atomic E-state index is 13.7. The van der Waals surface area contributed by atoms with Gasteiger partial charge in [0.2, 0.25) is 0 Å². The summed E-state index contributed by atoms with van der Waals surface area (Å²) in [7, 11) is -3.87. The van der Waals surface area contributed by atoms with E-state index >= 15 is 0 Å². The molecule has 1 aromatic carbocycles. The second-order valence-corrected chi connectivity index (χ2v) is 5.65. The number of rotatable bonds is 4. The molecular formula is C11H13FN4O2S. The van der Waals surface area contributed by atoms with Gasteiger partial charge in [0.05, 0.1) is 16.8 Å². The first-order chi connectivity index (χ1) is 8.94. The summed E-state index contributed by atoms with van der Waals surface area (Å²) >= 11 is 0. The van der Waals surface area contributed by atoms with Gasteiger partial charge in [-0.1, -0.05) is 0 Å². The molecule has 0 aliphatic heterocycles. The van der Waals surface area contributed by atoms with E-state index in [1.54, 1.807) is 0 Å². The molecule has 0 atom stereocenters. The van der Waals surface area contributed by atoms with Crippen molar-refractivity contribution in [2.75, 3.05) is 4.72 Å². The summed E-state index contributed by atoms with van der Waals surface area (Å²) in [5.41, 5.74) is 6.16. The van der Waals surface area contributed by atoms with Gasteiger partial charge >= 0.3 is 0 Å².